The average molecular weight is 312 g/mol. The van der Waals surface area contributed by atoms with Crippen molar-refractivity contribution in [3.63, 3.8) is 0 Å². The van der Waals surface area contributed by atoms with Crippen molar-refractivity contribution in [1.29, 1.82) is 0 Å². The molecule has 0 spiro atoms. The van der Waals surface area contributed by atoms with E-state index in [9.17, 15) is 9.90 Å². The average Bonchev–Trinajstić information content (AvgIpc) is 3.09. The van der Waals surface area contributed by atoms with Gasteiger partial charge in [-0.3, -0.25) is 4.79 Å². The van der Waals surface area contributed by atoms with Gasteiger partial charge in [0, 0.05) is 13.2 Å². The van der Waals surface area contributed by atoms with Crippen molar-refractivity contribution in [3.8, 4) is 0 Å². The third kappa shape index (κ3) is 2.66. The molecule has 2 saturated heterocycles. The third-order valence-electron chi connectivity index (χ3n) is 4.58. The quantitative estimate of drug-likeness (QED) is 0.896. The molecule has 2 aliphatic rings. The van der Waals surface area contributed by atoms with Gasteiger partial charge in [-0.1, -0.05) is 0 Å². The summed E-state index contributed by atoms with van der Waals surface area (Å²) in [5, 5.41) is 21.7. The van der Waals surface area contributed by atoms with E-state index in [4.69, 9.17) is 4.74 Å². The molecule has 3 rings (SSSR count). The van der Waals surface area contributed by atoms with Crippen LogP contribution in [0.4, 0.5) is 0 Å². The van der Waals surface area contributed by atoms with Gasteiger partial charge in [0.1, 0.15) is 0 Å². The maximum atomic E-state index is 11.8. The van der Waals surface area contributed by atoms with Crippen molar-refractivity contribution in [2.24, 2.45) is 5.41 Å². The Hall–Kier alpha value is -1.15. The van der Waals surface area contributed by atoms with Crippen LogP contribution in [-0.4, -0.2) is 50.2 Å². The van der Waals surface area contributed by atoms with Crippen molar-refractivity contribution >= 4 is 17.7 Å². The van der Waals surface area contributed by atoms with Crippen LogP contribution in [0, 0.1) is 5.41 Å². The molecule has 2 fully saturated rings. The van der Waals surface area contributed by atoms with Gasteiger partial charge in [-0.2, -0.15) is 0 Å². The lowest BCUT2D eigenvalue weighted by Crippen LogP contribution is -2.42. The minimum atomic E-state index is -0.817. The van der Waals surface area contributed by atoms with Gasteiger partial charge in [0.25, 0.3) is 0 Å². The summed E-state index contributed by atoms with van der Waals surface area (Å²) in [5.74, 6) is 1.12. The second kappa shape index (κ2) is 5.57. The van der Waals surface area contributed by atoms with Crippen LogP contribution in [0.1, 0.15) is 38.4 Å². The summed E-state index contributed by atoms with van der Waals surface area (Å²) in [6.07, 6.45) is 3.18. The Morgan fingerprint density at radius 2 is 2.19 bits per heavy atom. The second-order valence-corrected chi connectivity index (χ2v) is 7.64. The molecule has 2 aliphatic heterocycles. The lowest BCUT2D eigenvalue weighted by molar-refractivity contribution is -0.156. The van der Waals surface area contributed by atoms with E-state index in [2.05, 4.69) is 22.4 Å². The van der Waals surface area contributed by atoms with Gasteiger partial charge in [0.05, 0.1) is 16.7 Å². The zero-order valence-electron chi connectivity index (χ0n) is 12.1. The zero-order valence-corrected chi connectivity index (χ0v) is 12.9. The summed E-state index contributed by atoms with van der Waals surface area (Å²) in [6.45, 7) is 3.43. The molecular formula is C13H20N4O3S. The third-order valence-corrected chi connectivity index (χ3v) is 6.10. The number of carboxylic acid groups (broad SMARTS) is 1. The summed E-state index contributed by atoms with van der Waals surface area (Å²) in [6, 6.07) is 0. The summed E-state index contributed by atoms with van der Waals surface area (Å²) in [5.41, 5.74) is -0.817. The fraction of sp³-hybridized carbons (Fsp3) is 0.846. The number of rotatable bonds is 4. The molecule has 116 valence electrons. The summed E-state index contributed by atoms with van der Waals surface area (Å²) in [4.78, 5) is 11.8. The first kappa shape index (κ1) is 14.8. The second-order valence-electron chi connectivity index (χ2n) is 6.04. The Labute approximate surface area is 127 Å². The molecule has 7 nitrogen and oxygen atoms in total. The van der Waals surface area contributed by atoms with E-state index < -0.39 is 11.4 Å². The highest BCUT2D eigenvalue weighted by molar-refractivity contribution is 8.00. The molecule has 1 aromatic heterocycles. The predicted octanol–water partition coefficient (Wildman–Crippen LogP) is 1.30. The van der Waals surface area contributed by atoms with Crippen LogP contribution in [0.5, 0.6) is 0 Å². The van der Waals surface area contributed by atoms with Crippen molar-refractivity contribution in [2.45, 2.75) is 43.9 Å². The van der Waals surface area contributed by atoms with Gasteiger partial charge in [0.2, 0.25) is 0 Å². The van der Waals surface area contributed by atoms with Crippen molar-refractivity contribution in [1.82, 2.24) is 20.2 Å². The largest absolute Gasteiger partial charge is 0.481 e. The van der Waals surface area contributed by atoms with Crippen LogP contribution >= 0.6 is 11.8 Å². The molecule has 0 amide bonds. The van der Waals surface area contributed by atoms with Crippen LogP contribution in [0.3, 0.4) is 0 Å². The van der Waals surface area contributed by atoms with E-state index in [0.29, 0.717) is 32.6 Å². The predicted molar refractivity (Wildman–Crippen MR) is 77.0 cm³/mol. The Balaban J connectivity index is 1.87. The highest BCUT2D eigenvalue weighted by atomic mass is 32.2. The number of aliphatic carboxylic acids is 1. The number of thioether (sulfide) groups is 1. The van der Waals surface area contributed by atoms with Gasteiger partial charge in [-0.15, -0.1) is 16.9 Å². The minimum absolute atomic E-state index is 0.103. The van der Waals surface area contributed by atoms with E-state index in [1.165, 1.54) is 0 Å². The molecule has 0 saturated carbocycles. The number of carboxylic acids is 1. The van der Waals surface area contributed by atoms with E-state index in [1.807, 2.05) is 11.8 Å². The Bertz CT molecular complexity index is 521. The molecule has 21 heavy (non-hydrogen) atoms. The number of aromatic nitrogens is 4. The summed E-state index contributed by atoms with van der Waals surface area (Å²) >= 11 is 1.85. The number of hydrogen-bond acceptors (Lipinski definition) is 6. The minimum Gasteiger partial charge on any atom is -0.481 e. The molecule has 1 unspecified atom stereocenters. The van der Waals surface area contributed by atoms with Crippen LogP contribution in [-0.2, 0) is 20.8 Å². The first-order chi connectivity index (χ1) is 10.1. The highest BCUT2D eigenvalue weighted by Crippen LogP contribution is 2.45. The van der Waals surface area contributed by atoms with Crippen LogP contribution < -0.4 is 0 Å². The highest BCUT2D eigenvalue weighted by Gasteiger charge is 2.44. The van der Waals surface area contributed by atoms with Gasteiger partial charge in [-0.05, 0) is 48.8 Å². The van der Waals surface area contributed by atoms with Gasteiger partial charge in [-0.25, -0.2) is 4.68 Å². The zero-order chi connectivity index (χ0) is 14.9. The number of hydrogen-bond donors (Lipinski definition) is 1. The summed E-state index contributed by atoms with van der Waals surface area (Å²) < 4.78 is 6.92. The van der Waals surface area contributed by atoms with Crippen molar-refractivity contribution in [2.75, 3.05) is 19.0 Å². The smallest absolute Gasteiger partial charge is 0.311 e. The Kier molecular flexibility index (Phi) is 3.92. The van der Waals surface area contributed by atoms with Gasteiger partial charge >= 0.3 is 5.97 Å². The van der Waals surface area contributed by atoms with E-state index in [-0.39, 0.29) is 4.75 Å². The lowest BCUT2D eigenvalue weighted by Gasteiger charge is -2.33. The van der Waals surface area contributed by atoms with Gasteiger partial charge < -0.3 is 9.84 Å². The number of tetrazole rings is 1. The SMILES string of the molecule is CC1(c2nnnn2CC2(C(=O)O)CCOCC2)CCCS1. The normalized spacial score (nSPS) is 28.6. The molecule has 3 heterocycles. The first-order valence-electron chi connectivity index (χ1n) is 7.28. The number of ether oxygens (including phenoxy) is 1. The molecule has 0 radical (unpaired) electrons. The molecule has 0 bridgehead atoms. The topological polar surface area (TPSA) is 90.1 Å². The van der Waals surface area contributed by atoms with E-state index in [1.54, 1.807) is 4.68 Å². The maximum absolute atomic E-state index is 11.8. The van der Waals surface area contributed by atoms with Crippen LogP contribution in [0.15, 0.2) is 0 Å². The van der Waals surface area contributed by atoms with Gasteiger partial charge in [0.15, 0.2) is 5.82 Å². The van der Waals surface area contributed by atoms with Crippen LogP contribution in [0.2, 0.25) is 0 Å². The first-order valence-corrected chi connectivity index (χ1v) is 8.26. The molecule has 0 aromatic carbocycles. The van der Waals surface area contributed by atoms with Crippen molar-refractivity contribution in [3.05, 3.63) is 5.82 Å². The Morgan fingerprint density at radius 1 is 1.43 bits per heavy atom. The number of carbonyl (C=O) groups is 1. The molecule has 1 aromatic rings. The number of nitrogens with zero attached hydrogens (tertiary/aromatic N) is 4. The maximum Gasteiger partial charge on any atom is 0.311 e. The molecule has 8 heteroatoms. The monoisotopic (exact) mass is 312 g/mol. The molecule has 1 N–H and O–H groups in total. The molecule has 1 atom stereocenters. The Morgan fingerprint density at radius 3 is 2.81 bits per heavy atom. The van der Waals surface area contributed by atoms with E-state index >= 15 is 0 Å². The van der Waals surface area contributed by atoms with E-state index in [0.717, 1.165) is 24.4 Å². The van der Waals surface area contributed by atoms with Crippen molar-refractivity contribution < 1.29 is 14.6 Å². The molecule has 0 aliphatic carbocycles. The lowest BCUT2D eigenvalue weighted by atomic mass is 9.80. The fourth-order valence-corrected chi connectivity index (χ4v) is 4.44. The summed E-state index contributed by atoms with van der Waals surface area (Å²) in [7, 11) is 0. The molecular weight excluding hydrogens is 292 g/mol. The standard InChI is InChI=1S/C13H20N4O3S/c1-12(3-2-8-21-12)10-14-15-16-17(10)9-13(11(18)19)4-6-20-7-5-13/h2-9H2,1H3,(H,18,19). The van der Waals surface area contributed by atoms with Crippen LogP contribution in [0.25, 0.3) is 0 Å². The fourth-order valence-electron chi connectivity index (χ4n) is 3.13.